The highest BCUT2D eigenvalue weighted by atomic mass is 16.5. The molecule has 20 heavy (non-hydrogen) atoms. The summed E-state index contributed by atoms with van der Waals surface area (Å²) in [6.07, 6.45) is 3.09. The van der Waals surface area contributed by atoms with Crippen molar-refractivity contribution in [3.63, 3.8) is 0 Å². The number of nitrogens with zero attached hydrogens (tertiary/aromatic N) is 1. The van der Waals surface area contributed by atoms with Gasteiger partial charge in [0.1, 0.15) is 0 Å². The zero-order valence-corrected chi connectivity index (χ0v) is 12.6. The summed E-state index contributed by atoms with van der Waals surface area (Å²) in [5.41, 5.74) is 2.31. The third-order valence-corrected chi connectivity index (χ3v) is 3.53. The van der Waals surface area contributed by atoms with Gasteiger partial charge in [-0.15, -0.1) is 0 Å². The number of ether oxygens (including phenoxy) is 1. The van der Waals surface area contributed by atoms with Crippen LogP contribution in [-0.4, -0.2) is 24.2 Å². The molecule has 108 valence electrons. The number of hydrogen-bond acceptors (Lipinski definition) is 3. The summed E-state index contributed by atoms with van der Waals surface area (Å²) in [5, 5.41) is 4.81. The predicted molar refractivity (Wildman–Crippen MR) is 83.9 cm³/mol. The first-order chi connectivity index (χ1) is 9.77. The van der Waals surface area contributed by atoms with E-state index in [1.807, 2.05) is 19.2 Å². The standard InChI is InChI=1S/C17H24N2O/c1-4-11-19-17(13(3)20-5-2)15-8-6-10-16-14(15)9-7-12-18-16/h6-10,12-13,17,19H,4-5,11H2,1-3H3. The van der Waals surface area contributed by atoms with Gasteiger partial charge < -0.3 is 10.1 Å². The smallest absolute Gasteiger partial charge is 0.0741 e. The molecular weight excluding hydrogens is 248 g/mol. The highest BCUT2D eigenvalue weighted by Crippen LogP contribution is 2.26. The van der Waals surface area contributed by atoms with Gasteiger partial charge in [-0.05, 0) is 44.5 Å². The lowest BCUT2D eigenvalue weighted by Crippen LogP contribution is -2.32. The van der Waals surface area contributed by atoms with E-state index in [0.717, 1.165) is 25.1 Å². The van der Waals surface area contributed by atoms with Gasteiger partial charge in [0.15, 0.2) is 0 Å². The average Bonchev–Trinajstić information content (AvgIpc) is 2.48. The molecule has 0 saturated heterocycles. The molecule has 0 radical (unpaired) electrons. The van der Waals surface area contributed by atoms with Gasteiger partial charge in [-0.1, -0.05) is 25.1 Å². The van der Waals surface area contributed by atoms with Crippen LogP contribution in [-0.2, 0) is 4.74 Å². The molecule has 2 rings (SSSR count). The molecule has 0 aliphatic carbocycles. The van der Waals surface area contributed by atoms with E-state index in [-0.39, 0.29) is 12.1 Å². The van der Waals surface area contributed by atoms with Crippen molar-refractivity contribution in [3.8, 4) is 0 Å². The summed E-state index contributed by atoms with van der Waals surface area (Å²) in [4.78, 5) is 4.44. The molecule has 0 spiro atoms. The third kappa shape index (κ3) is 3.35. The summed E-state index contributed by atoms with van der Waals surface area (Å²) in [7, 11) is 0. The molecule has 1 heterocycles. The van der Waals surface area contributed by atoms with Gasteiger partial charge in [-0.3, -0.25) is 4.98 Å². The Balaban J connectivity index is 2.39. The summed E-state index contributed by atoms with van der Waals surface area (Å²) in [5.74, 6) is 0. The molecule has 0 aliphatic rings. The molecule has 2 atom stereocenters. The minimum Gasteiger partial charge on any atom is -0.377 e. The maximum atomic E-state index is 5.82. The van der Waals surface area contributed by atoms with Crippen LogP contribution in [0, 0.1) is 0 Å². The first-order valence-electron chi connectivity index (χ1n) is 7.46. The van der Waals surface area contributed by atoms with Crippen molar-refractivity contribution < 1.29 is 4.74 Å². The van der Waals surface area contributed by atoms with Crippen molar-refractivity contribution in [1.82, 2.24) is 10.3 Å². The molecule has 0 fully saturated rings. The molecule has 0 aliphatic heterocycles. The first-order valence-corrected chi connectivity index (χ1v) is 7.46. The SMILES string of the molecule is CCCNC(c1cccc2ncccc12)C(C)OCC. The Morgan fingerprint density at radius 3 is 2.80 bits per heavy atom. The quantitative estimate of drug-likeness (QED) is 0.834. The van der Waals surface area contributed by atoms with Crippen LogP contribution in [0.4, 0.5) is 0 Å². The summed E-state index contributed by atoms with van der Waals surface area (Å²) in [6.45, 7) is 8.07. The lowest BCUT2D eigenvalue weighted by molar-refractivity contribution is 0.0476. The van der Waals surface area contributed by atoms with E-state index in [2.05, 4.69) is 48.4 Å². The number of pyridine rings is 1. The van der Waals surface area contributed by atoms with E-state index in [1.165, 1.54) is 10.9 Å². The normalized spacial score (nSPS) is 14.3. The van der Waals surface area contributed by atoms with Gasteiger partial charge in [-0.25, -0.2) is 0 Å². The Kier molecular flexibility index (Phi) is 5.50. The van der Waals surface area contributed by atoms with E-state index in [4.69, 9.17) is 4.74 Å². The van der Waals surface area contributed by atoms with E-state index >= 15 is 0 Å². The van der Waals surface area contributed by atoms with E-state index in [1.54, 1.807) is 0 Å². The second kappa shape index (κ2) is 7.36. The van der Waals surface area contributed by atoms with Crippen LogP contribution < -0.4 is 5.32 Å². The first kappa shape index (κ1) is 14.9. The molecule has 1 aromatic heterocycles. The maximum Gasteiger partial charge on any atom is 0.0741 e. The van der Waals surface area contributed by atoms with Crippen molar-refractivity contribution in [2.45, 2.75) is 39.3 Å². The van der Waals surface area contributed by atoms with Crippen LogP contribution in [0.25, 0.3) is 10.9 Å². The van der Waals surface area contributed by atoms with Crippen molar-refractivity contribution in [3.05, 3.63) is 42.1 Å². The Bertz CT molecular complexity index is 536. The van der Waals surface area contributed by atoms with Crippen LogP contribution in [0.3, 0.4) is 0 Å². The number of benzene rings is 1. The Hall–Kier alpha value is -1.45. The van der Waals surface area contributed by atoms with Crippen molar-refractivity contribution in [2.75, 3.05) is 13.2 Å². The molecule has 1 N–H and O–H groups in total. The van der Waals surface area contributed by atoms with Crippen LogP contribution in [0.2, 0.25) is 0 Å². The second-order valence-electron chi connectivity index (χ2n) is 5.01. The minimum absolute atomic E-state index is 0.136. The molecule has 1 aromatic carbocycles. The number of aromatic nitrogens is 1. The van der Waals surface area contributed by atoms with Gasteiger partial charge in [0, 0.05) is 18.2 Å². The van der Waals surface area contributed by atoms with Crippen molar-refractivity contribution in [2.24, 2.45) is 0 Å². The van der Waals surface area contributed by atoms with Crippen LogP contribution in [0.5, 0.6) is 0 Å². The molecule has 0 bridgehead atoms. The van der Waals surface area contributed by atoms with E-state index in [0.29, 0.717) is 0 Å². The fraction of sp³-hybridized carbons (Fsp3) is 0.471. The zero-order chi connectivity index (χ0) is 14.4. The third-order valence-electron chi connectivity index (χ3n) is 3.53. The fourth-order valence-corrected chi connectivity index (χ4v) is 2.59. The number of rotatable bonds is 7. The van der Waals surface area contributed by atoms with Crippen molar-refractivity contribution in [1.29, 1.82) is 0 Å². The maximum absolute atomic E-state index is 5.82. The Morgan fingerprint density at radius 2 is 2.05 bits per heavy atom. The summed E-state index contributed by atoms with van der Waals surface area (Å²) >= 11 is 0. The fourth-order valence-electron chi connectivity index (χ4n) is 2.59. The monoisotopic (exact) mass is 272 g/mol. The molecular formula is C17H24N2O. The predicted octanol–water partition coefficient (Wildman–Crippen LogP) is 3.70. The van der Waals surface area contributed by atoms with Crippen LogP contribution >= 0.6 is 0 Å². The molecule has 3 nitrogen and oxygen atoms in total. The van der Waals surface area contributed by atoms with E-state index in [9.17, 15) is 0 Å². The zero-order valence-electron chi connectivity index (χ0n) is 12.6. The topological polar surface area (TPSA) is 34.2 Å². The second-order valence-corrected chi connectivity index (χ2v) is 5.01. The number of hydrogen-bond donors (Lipinski definition) is 1. The molecule has 2 unspecified atom stereocenters. The van der Waals surface area contributed by atoms with Crippen molar-refractivity contribution >= 4 is 10.9 Å². The largest absolute Gasteiger partial charge is 0.377 e. The highest BCUT2D eigenvalue weighted by Gasteiger charge is 2.20. The molecule has 0 saturated carbocycles. The number of nitrogens with one attached hydrogen (secondary N) is 1. The molecule has 3 heteroatoms. The number of fused-ring (bicyclic) bond motifs is 1. The molecule has 2 aromatic rings. The Morgan fingerprint density at radius 1 is 1.20 bits per heavy atom. The Labute approximate surface area is 121 Å². The lowest BCUT2D eigenvalue weighted by atomic mass is 9.97. The van der Waals surface area contributed by atoms with Gasteiger partial charge in [0.25, 0.3) is 0 Å². The minimum atomic E-state index is 0.136. The van der Waals surface area contributed by atoms with Gasteiger partial charge in [0.05, 0.1) is 17.7 Å². The average molecular weight is 272 g/mol. The lowest BCUT2D eigenvalue weighted by Gasteiger charge is -2.26. The highest BCUT2D eigenvalue weighted by molar-refractivity contribution is 5.82. The van der Waals surface area contributed by atoms with Crippen LogP contribution in [0.15, 0.2) is 36.5 Å². The van der Waals surface area contributed by atoms with E-state index < -0.39 is 0 Å². The molecule has 0 amide bonds. The van der Waals surface area contributed by atoms with Crippen LogP contribution in [0.1, 0.15) is 38.8 Å². The summed E-state index contributed by atoms with van der Waals surface area (Å²) < 4.78 is 5.82. The summed E-state index contributed by atoms with van der Waals surface area (Å²) in [6, 6.07) is 10.6. The van der Waals surface area contributed by atoms with Gasteiger partial charge in [0.2, 0.25) is 0 Å². The van der Waals surface area contributed by atoms with Gasteiger partial charge in [-0.2, -0.15) is 0 Å². The van der Waals surface area contributed by atoms with Gasteiger partial charge >= 0.3 is 0 Å².